The minimum Gasteiger partial charge on any atom is -0.348 e. The molecule has 6 nitrogen and oxygen atoms in total. The van der Waals surface area contributed by atoms with Crippen molar-refractivity contribution in [2.45, 2.75) is 27.2 Å². The van der Waals surface area contributed by atoms with Crippen LogP contribution in [0.1, 0.15) is 32.2 Å². The van der Waals surface area contributed by atoms with Gasteiger partial charge in [0.05, 0.1) is 22.3 Å². The van der Waals surface area contributed by atoms with Crippen molar-refractivity contribution in [3.63, 3.8) is 0 Å². The predicted molar refractivity (Wildman–Crippen MR) is 114 cm³/mol. The van der Waals surface area contributed by atoms with Gasteiger partial charge in [0.2, 0.25) is 0 Å². The Labute approximate surface area is 173 Å². The van der Waals surface area contributed by atoms with Crippen LogP contribution < -0.4 is 10.6 Å². The van der Waals surface area contributed by atoms with Crippen LogP contribution in [0.3, 0.4) is 0 Å². The molecule has 0 bridgehead atoms. The van der Waals surface area contributed by atoms with Crippen LogP contribution in [-0.2, 0) is 0 Å². The van der Waals surface area contributed by atoms with Gasteiger partial charge in [-0.25, -0.2) is 4.98 Å². The SMILES string of the molecule is Cc1cc(-c2cc(C(=O)NCC3=CCNCC3)c3c(C)noc3n2)c(C)s1.Cl. The van der Waals surface area contributed by atoms with E-state index in [1.165, 1.54) is 15.3 Å². The Kier molecular flexibility index (Phi) is 6.17. The lowest BCUT2D eigenvalue weighted by Crippen LogP contribution is -2.29. The second kappa shape index (κ2) is 8.43. The molecule has 0 fully saturated rings. The third-order valence-electron chi connectivity index (χ3n) is 4.81. The number of hydrogen-bond acceptors (Lipinski definition) is 6. The van der Waals surface area contributed by atoms with E-state index in [0.29, 0.717) is 28.9 Å². The van der Waals surface area contributed by atoms with Crippen molar-refractivity contribution in [1.82, 2.24) is 20.8 Å². The van der Waals surface area contributed by atoms with Crippen molar-refractivity contribution < 1.29 is 9.32 Å². The van der Waals surface area contributed by atoms with E-state index >= 15 is 0 Å². The fourth-order valence-electron chi connectivity index (χ4n) is 3.42. The van der Waals surface area contributed by atoms with Gasteiger partial charge in [0.25, 0.3) is 11.6 Å². The average molecular weight is 419 g/mol. The lowest BCUT2D eigenvalue weighted by Gasteiger charge is -2.15. The van der Waals surface area contributed by atoms with E-state index in [2.05, 4.69) is 46.8 Å². The van der Waals surface area contributed by atoms with Gasteiger partial charge in [-0.2, -0.15) is 0 Å². The van der Waals surface area contributed by atoms with E-state index in [-0.39, 0.29) is 18.3 Å². The van der Waals surface area contributed by atoms with Crippen LogP contribution in [0.4, 0.5) is 0 Å². The van der Waals surface area contributed by atoms with Crippen LogP contribution in [0, 0.1) is 20.8 Å². The Bertz CT molecular complexity index is 1050. The third-order valence-corrected chi connectivity index (χ3v) is 5.78. The number of aryl methyl sites for hydroxylation is 3. The Morgan fingerprint density at radius 2 is 2.14 bits per heavy atom. The summed E-state index contributed by atoms with van der Waals surface area (Å²) in [6, 6.07) is 3.95. The molecule has 4 rings (SSSR count). The average Bonchev–Trinajstić information content (AvgIpc) is 3.21. The zero-order valence-corrected chi connectivity index (χ0v) is 17.7. The lowest BCUT2D eigenvalue weighted by molar-refractivity contribution is 0.0958. The molecule has 4 heterocycles. The molecular formula is C20H23ClN4O2S. The van der Waals surface area contributed by atoms with Gasteiger partial charge in [-0.15, -0.1) is 23.7 Å². The highest BCUT2D eigenvalue weighted by Gasteiger charge is 2.20. The second-order valence-electron chi connectivity index (χ2n) is 6.83. The van der Waals surface area contributed by atoms with E-state index in [0.717, 1.165) is 30.8 Å². The molecule has 1 aliphatic rings. The summed E-state index contributed by atoms with van der Waals surface area (Å²) in [5.74, 6) is -0.126. The molecular weight excluding hydrogens is 396 g/mol. The monoisotopic (exact) mass is 418 g/mol. The molecule has 0 atom stereocenters. The van der Waals surface area contributed by atoms with Gasteiger partial charge < -0.3 is 15.2 Å². The molecule has 28 heavy (non-hydrogen) atoms. The smallest absolute Gasteiger partial charge is 0.259 e. The highest BCUT2D eigenvalue weighted by Crippen LogP contribution is 2.32. The van der Waals surface area contributed by atoms with Crippen molar-refractivity contribution in [1.29, 1.82) is 0 Å². The first kappa shape index (κ1) is 20.5. The zero-order chi connectivity index (χ0) is 19.0. The Balaban J connectivity index is 0.00000225. The van der Waals surface area contributed by atoms with Gasteiger partial charge in [0.1, 0.15) is 0 Å². The first-order chi connectivity index (χ1) is 13.0. The van der Waals surface area contributed by atoms with Gasteiger partial charge in [0.15, 0.2) is 0 Å². The molecule has 0 saturated carbocycles. The van der Waals surface area contributed by atoms with Crippen LogP contribution in [0.25, 0.3) is 22.4 Å². The van der Waals surface area contributed by atoms with Gasteiger partial charge in [-0.1, -0.05) is 16.8 Å². The minimum absolute atomic E-state index is 0. The summed E-state index contributed by atoms with van der Waals surface area (Å²) in [4.78, 5) is 20.0. The normalized spacial score (nSPS) is 13.9. The Hall–Kier alpha value is -2.22. The standard InChI is InChI=1S/C20H22N4O2S.ClH/c1-11-8-15(13(3)27-11)17-9-16(18-12(2)24-26-20(18)23-17)19(25)22-10-14-4-6-21-7-5-14;/h4,8-9,21H,5-7,10H2,1-3H3,(H,22,25);1H. The third kappa shape index (κ3) is 3.97. The largest absolute Gasteiger partial charge is 0.348 e. The molecule has 0 radical (unpaired) electrons. The molecule has 3 aromatic heterocycles. The molecule has 0 saturated heterocycles. The van der Waals surface area contributed by atoms with Crippen molar-refractivity contribution in [2.75, 3.05) is 19.6 Å². The lowest BCUT2D eigenvalue weighted by atomic mass is 10.0. The molecule has 0 aromatic carbocycles. The molecule has 0 unspecified atom stereocenters. The highest BCUT2D eigenvalue weighted by atomic mass is 35.5. The van der Waals surface area contributed by atoms with E-state index in [1.807, 2.05) is 13.0 Å². The number of rotatable bonds is 4. The number of aromatic nitrogens is 2. The van der Waals surface area contributed by atoms with Crippen LogP contribution >= 0.6 is 23.7 Å². The number of pyridine rings is 1. The summed E-state index contributed by atoms with van der Waals surface area (Å²) in [5, 5.41) is 11.0. The fourth-order valence-corrected chi connectivity index (χ4v) is 4.35. The molecule has 0 spiro atoms. The van der Waals surface area contributed by atoms with Gasteiger partial charge in [-0.3, -0.25) is 4.79 Å². The fraction of sp³-hybridized carbons (Fsp3) is 0.350. The number of halogens is 1. The maximum absolute atomic E-state index is 13.0. The molecule has 8 heteroatoms. The van der Waals surface area contributed by atoms with E-state index in [1.54, 1.807) is 11.3 Å². The summed E-state index contributed by atoms with van der Waals surface area (Å²) in [6.45, 7) is 8.33. The van der Waals surface area contributed by atoms with Crippen molar-refractivity contribution >= 4 is 40.8 Å². The summed E-state index contributed by atoms with van der Waals surface area (Å²) < 4.78 is 5.39. The molecule has 148 valence electrons. The van der Waals surface area contributed by atoms with Gasteiger partial charge >= 0.3 is 0 Å². The van der Waals surface area contributed by atoms with Crippen molar-refractivity contribution in [3.05, 3.63) is 44.8 Å². The minimum atomic E-state index is -0.126. The van der Waals surface area contributed by atoms with Gasteiger partial charge in [0, 0.05) is 28.4 Å². The van der Waals surface area contributed by atoms with E-state index in [4.69, 9.17) is 4.52 Å². The molecule has 0 aliphatic carbocycles. The first-order valence-corrected chi connectivity index (χ1v) is 9.86. The number of hydrogen-bond donors (Lipinski definition) is 2. The van der Waals surface area contributed by atoms with Crippen LogP contribution in [0.2, 0.25) is 0 Å². The van der Waals surface area contributed by atoms with E-state index < -0.39 is 0 Å². The number of nitrogens with one attached hydrogen (secondary N) is 2. The molecule has 2 N–H and O–H groups in total. The van der Waals surface area contributed by atoms with Crippen LogP contribution in [0.15, 0.2) is 28.3 Å². The first-order valence-electron chi connectivity index (χ1n) is 9.04. The highest BCUT2D eigenvalue weighted by molar-refractivity contribution is 7.12. The molecule has 1 aliphatic heterocycles. The predicted octanol–water partition coefficient (Wildman–Crippen LogP) is 3.95. The van der Waals surface area contributed by atoms with Crippen LogP contribution in [0.5, 0.6) is 0 Å². The number of nitrogens with zero attached hydrogens (tertiary/aromatic N) is 2. The van der Waals surface area contributed by atoms with Crippen LogP contribution in [-0.4, -0.2) is 35.7 Å². The summed E-state index contributed by atoms with van der Waals surface area (Å²) in [7, 11) is 0. The van der Waals surface area contributed by atoms with Gasteiger partial charge in [-0.05, 0) is 45.9 Å². The van der Waals surface area contributed by atoms with Crippen molar-refractivity contribution in [2.24, 2.45) is 0 Å². The summed E-state index contributed by atoms with van der Waals surface area (Å²) in [6.07, 6.45) is 3.09. The number of carbonyl (C=O) groups excluding carboxylic acids is 1. The number of fused-ring (bicyclic) bond motifs is 1. The number of thiophene rings is 1. The van der Waals surface area contributed by atoms with E-state index in [9.17, 15) is 4.79 Å². The number of carbonyl (C=O) groups is 1. The second-order valence-corrected chi connectivity index (χ2v) is 8.29. The number of amides is 1. The molecule has 1 amide bonds. The topological polar surface area (TPSA) is 80.0 Å². The zero-order valence-electron chi connectivity index (χ0n) is 16.1. The quantitative estimate of drug-likeness (QED) is 0.627. The molecule has 3 aromatic rings. The Morgan fingerprint density at radius 3 is 2.82 bits per heavy atom. The maximum atomic E-state index is 13.0. The maximum Gasteiger partial charge on any atom is 0.259 e. The Morgan fingerprint density at radius 1 is 1.32 bits per heavy atom. The van der Waals surface area contributed by atoms with Crippen molar-refractivity contribution in [3.8, 4) is 11.3 Å². The summed E-state index contributed by atoms with van der Waals surface area (Å²) >= 11 is 1.72. The summed E-state index contributed by atoms with van der Waals surface area (Å²) in [5.41, 5.74) is 4.66.